The third kappa shape index (κ3) is 6.42. The lowest BCUT2D eigenvalue weighted by Crippen LogP contribution is -2.45. The maximum Gasteiger partial charge on any atom is 0.191 e. The topological polar surface area (TPSA) is 55.8 Å². The molecule has 1 aromatic heterocycles. The molecule has 6 nitrogen and oxygen atoms in total. The van der Waals surface area contributed by atoms with E-state index in [1.54, 1.807) is 19.3 Å². The van der Waals surface area contributed by atoms with E-state index >= 15 is 0 Å². The van der Waals surface area contributed by atoms with Gasteiger partial charge in [0, 0.05) is 45.5 Å². The highest BCUT2D eigenvalue weighted by Crippen LogP contribution is 2.20. The molecule has 29 heavy (non-hydrogen) atoms. The monoisotopic (exact) mass is 398 g/mol. The van der Waals surface area contributed by atoms with Crippen LogP contribution in [0.1, 0.15) is 18.4 Å². The highest BCUT2D eigenvalue weighted by molar-refractivity contribution is 5.80. The van der Waals surface area contributed by atoms with Crippen LogP contribution in [0, 0.1) is 5.82 Å². The number of anilines is 1. The van der Waals surface area contributed by atoms with Gasteiger partial charge in [-0.1, -0.05) is 30.3 Å². The van der Waals surface area contributed by atoms with Gasteiger partial charge in [0.15, 0.2) is 17.6 Å². The predicted octanol–water partition coefficient (Wildman–Crippen LogP) is 2.49. The second-order valence-electron chi connectivity index (χ2n) is 7.46. The molecule has 2 heterocycles. The Labute approximate surface area is 172 Å². The van der Waals surface area contributed by atoms with Crippen molar-refractivity contribution in [3.8, 4) is 0 Å². The largest absolute Gasteiger partial charge is 0.356 e. The van der Waals surface area contributed by atoms with Crippen molar-refractivity contribution in [1.82, 2.24) is 20.5 Å². The fourth-order valence-electron chi connectivity index (χ4n) is 3.60. The van der Waals surface area contributed by atoms with Crippen LogP contribution < -0.4 is 15.5 Å². The fraction of sp³-hybridized carbons (Fsp3) is 0.455. The molecule has 2 aromatic rings. The van der Waals surface area contributed by atoms with Crippen LogP contribution in [0.25, 0.3) is 0 Å². The van der Waals surface area contributed by atoms with Crippen molar-refractivity contribution in [3.63, 3.8) is 0 Å². The van der Waals surface area contributed by atoms with E-state index in [1.807, 2.05) is 11.0 Å². The van der Waals surface area contributed by atoms with Crippen LogP contribution in [0.2, 0.25) is 0 Å². The first-order valence-corrected chi connectivity index (χ1v) is 10.2. The molecule has 1 atom stereocenters. The van der Waals surface area contributed by atoms with Gasteiger partial charge in [-0.2, -0.15) is 0 Å². The number of rotatable bonds is 8. The molecule has 2 N–H and O–H groups in total. The highest BCUT2D eigenvalue weighted by Gasteiger charge is 2.25. The summed E-state index contributed by atoms with van der Waals surface area (Å²) in [6, 6.07) is 13.8. The molecule has 1 fully saturated rings. The first kappa shape index (κ1) is 21.0. The molecule has 1 aliphatic rings. The molecule has 7 heteroatoms. The number of nitrogens with zero attached hydrogens (tertiary/aromatic N) is 4. The normalized spacial score (nSPS) is 17.0. The van der Waals surface area contributed by atoms with Gasteiger partial charge in [-0.3, -0.25) is 4.99 Å². The summed E-state index contributed by atoms with van der Waals surface area (Å²) in [6.45, 7) is 4.32. The molecule has 1 saturated heterocycles. The zero-order valence-corrected chi connectivity index (χ0v) is 17.3. The van der Waals surface area contributed by atoms with E-state index in [0.29, 0.717) is 12.4 Å². The lowest BCUT2D eigenvalue weighted by atomic mass is 10.2. The molecule has 0 aliphatic carbocycles. The first-order valence-electron chi connectivity index (χ1n) is 10.2. The Morgan fingerprint density at radius 1 is 1.28 bits per heavy atom. The quantitative estimate of drug-likeness (QED) is 0.407. The van der Waals surface area contributed by atoms with Crippen LogP contribution in [0.3, 0.4) is 0 Å². The Balaban J connectivity index is 1.36. The number of benzene rings is 1. The summed E-state index contributed by atoms with van der Waals surface area (Å²) >= 11 is 0. The predicted molar refractivity (Wildman–Crippen MR) is 117 cm³/mol. The van der Waals surface area contributed by atoms with Crippen LogP contribution in [-0.2, 0) is 6.54 Å². The number of hydrogen-bond donors (Lipinski definition) is 2. The van der Waals surface area contributed by atoms with E-state index in [4.69, 9.17) is 0 Å². The molecule has 0 bridgehead atoms. The Morgan fingerprint density at radius 3 is 2.86 bits per heavy atom. The van der Waals surface area contributed by atoms with Gasteiger partial charge >= 0.3 is 0 Å². The second-order valence-corrected chi connectivity index (χ2v) is 7.46. The number of pyridine rings is 1. The molecule has 3 rings (SSSR count). The van der Waals surface area contributed by atoms with Crippen LogP contribution >= 0.6 is 0 Å². The average molecular weight is 399 g/mol. The first-order chi connectivity index (χ1) is 14.2. The van der Waals surface area contributed by atoms with E-state index in [-0.39, 0.29) is 11.9 Å². The number of guanidine groups is 1. The molecular weight excluding hydrogens is 367 g/mol. The van der Waals surface area contributed by atoms with Crippen molar-refractivity contribution in [2.75, 3.05) is 45.2 Å². The lowest BCUT2D eigenvalue weighted by molar-refractivity contribution is 0.322. The zero-order chi connectivity index (χ0) is 20.5. The van der Waals surface area contributed by atoms with Gasteiger partial charge in [0.25, 0.3) is 0 Å². The summed E-state index contributed by atoms with van der Waals surface area (Å²) in [6.07, 6.45) is 3.59. The van der Waals surface area contributed by atoms with Gasteiger partial charge in [-0.15, -0.1) is 0 Å². The molecule has 0 radical (unpaired) electrons. The zero-order valence-electron chi connectivity index (χ0n) is 17.3. The molecule has 1 aromatic carbocycles. The third-order valence-corrected chi connectivity index (χ3v) is 5.10. The summed E-state index contributed by atoms with van der Waals surface area (Å²) in [5.41, 5.74) is 1.33. The minimum Gasteiger partial charge on any atom is -0.356 e. The maximum absolute atomic E-state index is 13.9. The summed E-state index contributed by atoms with van der Waals surface area (Å²) < 4.78 is 13.9. The van der Waals surface area contributed by atoms with Crippen LogP contribution in [0.4, 0.5) is 10.2 Å². The van der Waals surface area contributed by atoms with Gasteiger partial charge in [-0.05, 0) is 44.1 Å². The minimum atomic E-state index is -0.268. The Bertz CT molecular complexity index is 782. The lowest BCUT2D eigenvalue weighted by Gasteiger charge is -2.20. The van der Waals surface area contributed by atoms with E-state index in [9.17, 15) is 4.39 Å². The van der Waals surface area contributed by atoms with Crippen LogP contribution in [0.5, 0.6) is 0 Å². The maximum atomic E-state index is 13.9. The van der Waals surface area contributed by atoms with Crippen LogP contribution in [0.15, 0.2) is 53.7 Å². The van der Waals surface area contributed by atoms with E-state index in [1.165, 1.54) is 11.6 Å². The summed E-state index contributed by atoms with van der Waals surface area (Å²) in [4.78, 5) is 12.8. The van der Waals surface area contributed by atoms with Crippen molar-refractivity contribution < 1.29 is 4.39 Å². The second kappa shape index (κ2) is 10.8. The molecule has 0 spiro atoms. The standard InChI is InChI=1S/C22H31FN6/c1-24-22(26-13-7-14-28(2)16-18-8-4-3-5-9-18)27-19-11-15-29(17-19)21-20(23)10-6-12-25-21/h3-6,8-10,12,19H,7,11,13-17H2,1-2H3,(H2,24,26,27). The van der Waals surface area contributed by atoms with Crippen LogP contribution in [-0.4, -0.2) is 62.2 Å². The van der Waals surface area contributed by atoms with Crippen molar-refractivity contribution in [2.45, 2.75) is 25.4 Å². The number of aromatic nitrogens is 1. The van der Waals surface area contributed by atoms with Gasteiger partial charge in [0.05, 0.1) is 0 Å². The van der Waals surface area contributed by atoms with Gasteiger partial charge in [-0.25, -0.2) is 9.37 Å². The fourth-order valence-corrected chi connectivity index (χ4v) is 3.60. The van der Waals surface area contributed by atoms with E-state index in [0.717, 1.165) is 45.0 Å². The molecule has 1 aliphatic heterocycles. The summed E-state index contributed by atoms with van der Waals surface area (Å²) in [7, 11) is 3.92. The molecule has 0 amide bonds. The number of nitrogens with one attached hydrogen (secondary N) is 2. The third-order valence-electron chi connectivity index (χ3n) is 5.10. The van der Waals surface area contributed by atoms with E-state index < -0.39 is 0 Å². The smallest absolute Gasteiger partial charge is 0.191 e. The van der Waals surface area contributed by atoms with E-state index in [2.05, 4.69) is 56.8 Å². The average Bonchev–Trinajstić information content (AvgIpc) is 3.19. The van der Waals surface area contributed by atoms with Crippen molar-refractivity contribution in [1.29, 1.82) is 0 Å². The number of hydrogen-bond acceptors (Lipinski definition) is 4. The van der Waals surface area contributed by atoms with Gasteiger partial charge in [0.1, 0.15) is 0 Å². The number of halogens is 1. The van der Waals surface area contributed by atoms with Crippen molar-refractivity contribution >= 4 is 11.8 Å². The Hall–Kier alpha value is -2.67. The van der Waals surface area contributed by atoms with Gasteiger partial charge in [0.2, 0.25) is 0 Å². The minimum absolute atomic E-state index is 0.225. The Morgan fingerprint density at radius 2 is 2.10 bits per heavy atom. The highest BCUT2D eigenvalue weighted by atomic mass is 19.1. The summed E-state index contributed by atoms with van der Waals surface area (Å²) in [5.74, 6) is 0.959. The molecule has 156 valence electrons. The van der Waals surface area contributed by atoms with Crippen molar-refractivity contribution in [3.05, 3.63) is 60.0 Å². The molecule has 0 saturated carbocycles. The Kier molecular flexibility index (Phi) is 7.81. The molecular formula is C22H31FN6. The summed E-state index contributed by atoms with van der Waals surface area (Å²) in [5, 5.41) is 6.83. The number of aliphatic imine (C=N–C) groups is 1. The SMILES string of the molecule is CN=C(NCCCN(C)Cc1ccccc1)NC1CCN(c2ncccc2F)C1. The molecule has 1 unspecified atom stereocenters. The van der Waals surface area contributed by atoms with Gasteiger partial charge < -0.3 is 20.4 Å². The van der Waals surface area contributed by atoms with Crippen molar-refractivity contribution in [2.24, 2.45) is 4.99 Å².